The molecule has 1 aromatic heterocycles. The molecule has 0 fully saturated rings. The van der Waals surface area contributed by atoms with Crippen LogP contribution in [-0.2, 0) is 0 Å². The van der Waals surface area contributed by atoms with Crippen molar-refractivity contribution in [1.82, 2.24) is 5.16 Å². The van der Waals surface area contributed by atoms with Gasteiger partial charge in [-0.15, -0.1) is 0 Å². The first-order valence-corrected chi connectivity index (χ1v) is 4.11. The SMILES string of the molecule is NC/C=C/c1ccc2cnoc2c1. The first kappa shape index (κ1) is 8.01. The zero-order valence-electron chi connectivity index (χ0n) is 7.10. The van der Waals surface area contributed by atoms with Crippen molar-refractivity contribution in [1.29, 1.82) is 0 Å². The Morgan fingerprint density at radius 2 is 2.38 bits per heavy atom. The maximum Gasteiger partial charge on any atom is 0.167 e. The summed E-state index contributed by atoms with van der Waals surface area (Å²) < 4.78 is 5.02. The Bertz CT molecular complexity index is 431. The predicted molar refractivity (Wildman–Crippen MR) is 52.1 cm³/mol. The molecule has 0 radical (unpaired) electrons. The summed E-state index contributed by atoms with van der Waals surface area (Å²) in [6, 6.07) is 5.92. The maximum absolute atomic E-state index is 5.35. The molecule has 0 saturated heterocycles. The van der Waals surface area contributed by atoms with Gasteiger partial charge in [-0.3, -0.25) is 0 Å². The number of hydrogen-bond acceptors (Lipinski definition) is 3. The molecule has 0 aliphatic carbocycles. The predicted octanol–water partition coefficient (Wildman–Crippen LogP) is 1.80. The molecule has 0 saturated carbocycles. The fraction of sp³-hybridized carbons (Fsp3) is 0.100. The topological polar surface area (TPSA) is 52.0 Å². The van der Waals surface area contributed by atoms with E-state index in [-0.39, 0.29) is 0 Å². The van der Waals surface area contributed by atoms with Gasteiger partial charge in [-0.05, 0) is 17.7 Å². The van der Waals surface area contributed by atoms with Crippen LogP contribution in [0, 0.1) is 0 Å². The lowest BCUT2D eigenvalue weighted by Crippen LogP contribution is -1.91. The van der Waals surface area contributed by atoms with E-state index in [0.29, 0.717) is 6.54 Å². The number of benzene rings is 1. The van der Waals surface area contributed by atoms with Gasteiger partial charge in [0, 0.05) is 11.9 Å². The summed E-state index contributed by atoms with van der Waals surface area (Å²) in [6.45, 7) is 0.550. The Morgan fingerprint density at radius 3 is 3.23 bits per heavy atom. The van der Waals surface area contributed by atoms with Crippen molar-refractivity contribution >= 4 is 17.0 Å². The molecule has 2 aromatic rings. The number of aromatic nitrogens is 1. The lowest BCUT2D eigenvalue weighted by Gasteiger charge is -1.91. The zero-order valence-corrected chi connectivity index (χ0v) is 7.10. The van der Waals surface area contributed by atoms with Gasteiger partial charge in [-0.1, -0.05) is 23.4 Å². The number of nitrogens with zero attached hydrogens (tertiary/aromatic N) is 1. The molecule has 3 nitrogen and oxygen atoms in total. The van der Waals surface area contributed by atoms with Crippen LogP contribution in [0.25, 0.3) is 17.0 Å². The molecule has 0 atom stereocenters. The molecule has 0 unspecified atom stereocenters. The highest BCUT2D eigenvalue weighted by Gasteiger charge is 1.96. The standard InChI is InChI=1S/C10H10N2O/c11-5-1-2-8-3-4-9-7-12-13-10(9)6-8/h1-4,6-7H,5,11H2/b2-1+. The van der Waals surface area contributed by atoms with Gasteiger partial charge in [0.25, 0.3) is 0 Å². The fourth-order valence-electron chi connectivity index (χ4n) is 1.18. The van der Waals surface area contributed by atoms with E-state index in [9.17, 15) is 0 Å². The summed E-state index contributed by atoms with van der Waals surface area (Å²) in [5.74, 6) is 0. The Hall–Kier alpha value is -1.61. The highest BCUT2D eigenvalue weighted by Crippen LogP contribution is 2.15. The van der Waals surface area contributed by atoms with Crippen molar-refractivity contribution in [3.05, 3.63) is 36.0 Å². The maximum atomic E-state index is 5.35. The summed E-state index contributed by atoms with van der Waals surface area (Å²) >= 11 is 0. The number of rotatable bonds is 2. The second-order valence-corrected chi connectivity index (χ2v) is 2.76. The third-order valence-corrected chi connectivity index (χ3v) is 1.83. The first-order valence-electron chi connectivity index (χ1n) is 4.11. The molecule has 1 aromatic carbocycles. The molecule has 3 heteroatoms. The lowest BCUT2D eigenvalue weighted by molar-refractivity contribution is 0.456. The molecule has 1 heterocycles. The largest absolute Gasteiger partial charge is 0.356 e. The van der Waals surface area contributed by atoms with E-state index in [2.05, 4.69) is 5.16 Å². The van der Waals surface area contributed by atoms with Crippen LogP contribution in [0.4, 0.5) is 0 Å². The molecular weight excluding hydrogens is 164 g/mol. The monoisotopic (exact) mass is 174 g/mol. The van der Waals surface area contributed by atoms with E-state index in [1.165, 1.54) is 0 Å². The summed E-state index contributed by atoms with van der Waals surface area (Å²) in [5.41, 5.74) is 7.23. The summed E-state index contributed by atoms with van der Waals surface area (Å²) in [6.07, 6.45) is 5.56. The van der Waals surface area contributed by atoms with Crippen molar-refractivity contribution in [3.8, 4) is 0 Å². The second-order valence-electron chi connectivity index (χ2n) is 2.76. The molecule has 2 rings (SSSR count). The molecule has 0 bridgehead atoms. The van der Waals surface area contributed by atoms with Crippen molar-refractivity contribution in [2.75, 3.05) is 6.54 Å². The van der Waals surface area contributed by atoms with Crippen molar-refractivity contribution < 1.29 is 4.52 Å². The average molecular weight is 174 g/mol. The molecule has 0 spiro atoms. The van der Waals surface area contributed by atoms with E-state index in [1.54, 1.807) is 6.20 Å². The van der Waals surface area contributed by atoms with Crippen LogP contribution in [0.5, 0.6) is 0 Å². The number of nitrogens with two attached hydrogens (primary N) is 1. The quantitative estimate of drug-likeness (QED) is 0.755. The molecule has 0 aliphatic heterocycles. The van der Waals surface area contributed by atoms with Crippen LogP contribution in [0.1, 0.15) is 5.56 Å². The first-order chi connectivity index (χ1) is 6.40. The van der Waals surface area contributed by atoms with Crippen molar-refractivity contribution in [2.24, 2.45) is 5.73 Å². The van der Waals surface area contributed by atoms with E-state index in [1.807, 2.05) is 30.4 Å². The van der Waals surface area contributed by atoms with Crippen LogP contribution < -0.4 is 5.73 Å². The van der Waals surface area contributed by atoms with Gasteiger partial charge in [0.1, 0.15) is 0 Å². The molecule has 2 N–H and O–H groups in total. The second kappa shape index (κ2) is 3.41. The minimum Gasteiger partial charge on any atom is -0.356 e. The molecule has 0 aliphatic rings. The van der Waals surface area contributed by atoms with Crippen molar-refractivity contribution in [2.45, 2.75) is 0 Å². The number of hydrogen-bond donors (Lipinski definition) is 1. The molecule has 13 heavy (non-hydrogen) atoms. The third kappa shape index (κ3) is 1.60. The minimum atomic E-state index is 0.550. The van der Waals surface area contributed by atoms with E-state index >= 15 is 0 Å². The Kier molecular flexibility index (Phi) is 2.10. The van der Waals surface area contributed by atoms with Gasteiger partial charge in [0.05, 0.1) is 6.20 Å². The van der Waals surface area contributed by atoms with Gasteiger partial charge in [0.15, 0.2) is 5.58 Å². The zero-order chi connectivity index (χ0) is 9.10. The lowest BCUT2D eigenvalue weighted by atomic mass is 10.1. The summed E-state index contributed by atoms with van der Waals surface area (Å²) in [7, 11) is 0. The molecular formula is C10H10N2O. The summed E-state index contributed by atoms with van der Waals surface area (Å²) in [4.78, 5) is 0. The van der Waals surface area contributed by atoms with Crippen LogP contribution in [0.2, 0.25) is 0 Å². The van der Waals surface area contributed by atoms with Crippen LogP contribution in [0.15, 0.2) is 35.0 Å². The third-order valence-electron chi connectivity index (χ3n) is 1.83. The Balaban J connectivity index is 2.42. The van der Waals surface area contributed by atoms with E-state index in [0.717, 1.165) is 16.5 Å². The highest BCUT2D eigenvalue weighted by molar-refractivity contribution is 5.78. The summed E-state index contributed by atoms with van der Waals surface area (Å²) in [5, 5.41) is 4.72. The fourth-order valence-corrected chi connectivity index (χ4v) is 1.18. The highest BCUT2D eigenvalue weighted by atomic mass is 16.5. The molecule has 0 amide bonds. The van der Waals surface area contributed by atoms with E-state index < -0.39 is 0 Å². The van der Waals surface area contributed by atoms with Gasteiger partial charge < -0.3 is 10.3 Å². The smallest absolute Gasteiger partial charge is 0.167 e. The van der Waals surface area contributed by atoms with Crippen LogP contribution in [-0.4, -0.2) is 11.7 Å². The Labute approximate surface area is 75.8 Å². The van der Waals surface area contributed by atoms with Gasteiger partial charge >= 0.3 is 0 Å². The van der Waals surface area contributed by atoms with E-state index in [4.69, 9.17) is 10.3 Å². The van der Waals surface area contributed by atoms with Gasteiger partial charge in [0.2, 0.25) is 0 Å². The van der Waals surface area contributed by atoms with Crippen molar-refractivity contribution in [3.63, 3.8) is 0 Å². The van der Waals surface area contributed by atoms with Gasteiger partial charge in [-0.25, -0.2) is 0 Å². The molecule has 66 valence electrons. The van der Waals surface area contributed by atoms with Gasteiger partial charge in [-0.2, -0.15) is 0 Å². The normalized spacial score (nSPS) is 11.5. The van der Waals surface area contributed by atoms with Crippen LogP contribution in [0.3, 0.4) is 0 Å². The number of fused-ring (bicyclic) bond motifs is 1. The minimum absolute atomic E-state index is 0.550. The average Bonchev–Trinajstić information content (AvgIpc) is 2.61. The van der Waals surface area contributed by atoms with Crippen LogP contribution >= 0.6 is 0 Å². The Morgan fingerprint density at radius 1 is 1.46 bits per heavy atom.